The molecule has 0 radical (unpaired) electrons. The van der Waals surface area contributed by atoms with Crippen molar-refractivity contribution < 1.29 is 0 Å². The molecule has 0 aromatic heterocycles. The summed E-state index contributed by atoms with van der Waals surface area (Å²) in [5, 5.41) is 0.765. The number of rotatable bonds is 0. The number of thiocarbonyl (C=S) groups is 1. The van der Waals surface area contributed by atoms with Crippen molar-refractivity contribution in [3.63, 3.8) is 0 Å². The Labute approximate surface area is 100 Å². The second-order valence-corrected chi connectivity index (χ2v) is 6.25. The molecule has 1 saturated carbocycles. The Balaban J connectivity index is 2.00. The molecule has 2 unspecified atom stereocenters. The summed E-state index contributed by atoms with van der Waals surface area (Å²) in [5.74, 6) is 0.706. The molecule has 0 nitrogen and oxygen atoms in total. The lowest BCUT2D eigenvalue weighted by Gasteiger charge is -2.15. The van der Waals surface area contributed by atoms with E-state index in [1.54, 1.807) is 0 Å². The highest BCUT2D eigenvalue weighted by Crippen LogP contribution is 2.43. The largest absolute Gasteiger partial charge is 0.122 e. The number of thioether (sulfide) groups is 1. The highest BCUT2D eigenvalue weighted by molar-refractivity contribution is 8.00. The van der Waals surface area contributed by atoms with Crippen LogP contribution < -0.4 is 0 Å². The molecular weight excluding hydrogens is 220 g/mol. The van der Waals surface area contributed by atoms with Crippen LogP contribution in [0.3, 0.4) is 0 Å². The minimum absolute atomic E-state index is 0.706. The Hall–Kier alpha value is -0.340. The molecule has 3 rings (SSSR count). The Morgan fingerprint density at radius 3 is 3.00 bits per heavy atom. The minimum atomic E-state index is 0.706. The third kappa shape index (κ3) is 1.74. The second kappa shape index (κ2) is 3.91. The van der Waals surface area contributed by atoms with E-state index in [1.807, 2.05) is 0 Å². The van der Waals surface area contributed by atoms with Crippen LogP contribution in [-0.2, 0) is 6.42 Å². The molecule has 15 heavy (non-hydrogen) atoms. The summed E-state index contributed by atoms with van der Waals surface area (Å²) in [6.45, 7) is 0. The van der Waals surface area contributed by atoms with Gasteiger partial charge in [0.1, 0.15) is 0 Å². The van der Waals surface area contributed by atoms with Gasteiger partial charge in [-0.15, -0.1) is 11.8 Å². The Bertz CT molecular complexity index is 397. The number of hydrogen-bond donors (Lipinski definition) is 0. The van der Waals surface area contributed by atoms with Gasteiger partial charge in [-0.3, -0.25) is 0 Å². The highest BCUT2D eigenvalue weighted by Gasteiger charge is 2.33. The number of hydrogen-bond acceptors (Lipinski definition) is 2. The zero-order valence-electron chi connectivity index (χ0n) is 8.61. The fourth-order valence-electron chi connectivity index (χ4n) is 2.68. The summed E-state index contributed by atoms with van der Waals surface area (Å²) in [7, 11) is 0. The lowest BCUT2D eigenvalue weighted by atomic mass is 9.98. The van der Waals surface area contributed by atoms with E-state index in [2.05, 4.69) is 36.0 Å². The van der Waals surface area contributed by atoms with Gasteiger partial charge in [-0.2, -0.15) is 0 Å². The summed E-state index contributed by atoms with van der Waals surface area (Å²) in [6, 6.07) is 8.76. The van der Waals surface area contributed by atoms with Crippen LogP contribution in [0.25, 0.3) is 0 Å². The average molecular weight is 234 g/mol. The molecule has 1 aliphatic heterocycles. The Morgan fingerprint density at radius 2 is 2.07 bits per heavy atom. The normalized spacial score (nSPS) is 29.5. The lowest BCUT2D eigenvalue weighted by Crippen LogP contribution is -2.18. The first-order valence-electron chi connectivity index (χ1n) is 5.62. The van der Waals surface area contributed by atoms with Crippen molar-refractivity contribution in [1.82, 2.24) is 0 Å². The van der Waals surface area contributed by atoms with Crippen molar-refractivity contribution in [2.75, 3.05) is 0 Å². The van der Waals surface area contributed by atoms with E-state index >= 15 is 0 Å². The quantitative estimate of drug-likeness (QED) is 0.625. The summed E-state index contributed by atoms with van der Waals surface area (Å²) in [5.41, 5.74) is 1.45. The first-order valence-corrected chi connectivity index (χ1v) is 6.90. The predicted octanol–water partition coefficient (Wildman–Crippen LogP) is 3.87. The molecule has 2 heteroatoms. The highest BCUT2D eigenvalue weighted by atomic mass is 32.2. The van der Waals surface area contributed by atoms with Crippen molar-refractivity contribution in [1.29, 1.82) is 0 Å². The van der Waals surface area contributed by atoms with Crippen LogP contribution in [0.15, 0.2) is 29.2 Å². The number of benzene rings is 1. The molecule has 1 fully saturated rings. The fraction of sp³-hybridized carbons (Fsp3) is 0.462. The van der Waals surface area contributed by atoms with E-state index in [1.165, 1.54) is 34.6 Å². The molecule has 1 aliphatic carbocycles. The van der Waals surface area contributed by atoms with Gasteiger partial charge in [-0.05, 0) is 24.5 Å². The zero-order chi connectivity index (χ0) is 10.3. The molecule has 1 aromatic carbocycles. The first kappa shape index (κ1) is 9.86. The van der Waals surface area contributed by atoms with Crippen molar-refractivity contribution in [2.45, 2.75) is 35.8 Å². The van der Waals surface area contributed by atoms with Gasteiger partial charge in [-0.1, -0.05) is 36.8 Å². The molecule has 1 aromatic rings. The maximum Gasteiger partial charge on any atom is 0.0168 e. The van der Waals surface area contributed by atoms with E-state index < -0.39 is 0 Å². The topological polar surface area (TPSA) is 0 Å². The van der Waals surface area contributed by atoms with E-state index in [9.17, 15) is 0 Å². The molecule has 78 valence electrons. The van der Waals surface area contributed by atoms with E-state index in [4.69, 9.17) is 12.2 Å². The average Bonchev–Trinajstić information content (AvgIpc) is 2.64. The van der Waals surface area contributed by atoms with Gasteiger partial charge in [-0.25, -0.2) is 0 Å². The van der Waals surface area contributed by atoms with Gasteiger partial charge >= 0.3 is 0 Å². The van der Waals surface area contributed by atoms with E-state index in [0.29, 0.717) is 5.92 Å². The maximum absolute atomic E-state index is 5.59. The van der Waals surface area contributed by atoms with E-state index in [0.717, 1.165) is 11.7 Å². The van der Waals surface area contributed by atoms with Crippen molar-refractivity contribution in [2.24, 2.45) is 5.92 Å². The maximum atomic E-state index is 5.59. The molecule has 0 N–H and O–H groups in total. The Morgan fingerprint density at radius 1 is 1.20 bits per heavy atom. The molecule has 2 aliphatic rings. The van der Waals surface area contributed by atoms with Gasteiger partial charge in [0.2, 0.25) is 0 Å². The van der Waals surface area contributed by atoms with Crippen LogP contribution in [0.4, 0.5) is 0 Å². The van der Waals surface area contributed by atoms with Crippen LogP contribution in [0.2, 0.25) is 0 Å². The molecule has 0 bridgehead atoms. The third-order valence-corrected chi connectivity index (χ3v) is 5.45. The van der Waals surface area contributed by atoms with Crippen LogP contribution in [-0.4, -0.2) is 10.1 Å². The van der Waals surface area contributed by atoms with Gasteiger partial charge in [0.05, 0.1) is 0 Å². The first-order chi connectivity index (χ1) is 7.34. The monoisotopic (exact) mass is 234 g/mol. The molecule has 0 saturated heterocycles. The second-order valence-electron chi connectivity index (χ2n) is 4.44. The number of fused-ring (bicyclic) bond motifs is 2. The van der Waals surface area contributed by atoms with Crippen molar-refractivity contribution in [3.8, 4) is 0 Å². The smallest absolute Gasteiger partial charge is 0.0168 e. The summed E-state index contributed by atoms with van der Waals surface area (Å²) >= 11 is 7.66. The minimum Gasteiger partial charge on any atom is -0.122 e. The van der Waals surface area contributed by atoms with Crippen LogP contribution in [0.5, 0.6) is 0 Å². The molecule has 1 heterocycles. The van der Waals surface area contributed by atoms with E-state index in [-0.39, 0.29) is 0 Å². The van der Waals surface area contributed by atoms with Crippen LogP contribution >= 0.6 is 24.0 Å². The molecular formula is C13H14S2. The summed E-state index contributed by atoms with van der Waals surface area (Å²) < 4.78 is 0. The van der Waals surface area contributed by atoms with Crippen LogP contribution in [0.1, 0.15) is 24.8 Å². The summed E-state index contributed by atoms with van der Waals surface area (Å²) in [6.07, 6.45) is 5.07. The van der Waals surface area contributed by atoms with Gasteiger partial charge in [0.15, 0.2) is 0 Å². The van der Waals surface area contributed by atoms with Crippen LogP contribution in [0, 0.1) is 5.92 Å². The SMILES string of the molecule is S=C1Cc2ccccc2SC2CCCC12. The van der Waals surface area contributed by atoms with Crippen molar-refractivity contribution >= 4 is 28.8 Å². The Kier molecular flexibility index (Phi) is 2.57. The molecule has 0 amide bonds. The predicted molar refractivity (Wildman–Crippen MR) is 69.7 cm³/mol. The zero-order valence-corrected chi connectivity index (χ0v) is 10.2. The summed E-state index contributed by atoms with van der Waals surface area (Å²) in [4.78, 5) is 2.77. The van der Waals surface area contributed by atoms with Gasteiger partial charge < -0.3 is 0 Å². The fourth-order valence-corrected chi connectivity index (χ4v) is 4.73. The lowest BCUT2D eigenvalue weighted by molar-refractivity contribution is 0.746. The standard InChI is InChI=1S/C13H14S2/c14-11-8-9-4-1-2-6-12(9)15-13-7-3-5-10(11)13/h1-2,4,6,10,13H,3,5,7-8H2. The van der Waals surface area contributed by atoms with Crippen molar-refractivity contribution in [3.05, 3.63) is 29.8 Å². The third-order valence-electron chi connectivity index (χ3n) is 3.48. The molecule has 2 atom stereocenters. The van der Waals surface area contributed by atoms with Gasteiger partial charge in [0.25, 0.3) is 0 Å². The molecule has 0 spiro atoms. The van der Waals surface area contributed by atoms with Gasteiger partial charge in [0, 0.05) is 27.3 Å².